The Morgan fingerprint density at radius 3 is 3.20 bits per heavy atom. The van der Waals surface area contributed by atoms with Crippen LogP contribution >= 0.6 is 0 Å². The highest BCUT2D eigenvalue weighted by molar-refractivity contribution is 5.90. The molecule has 15 heavy (non-hydrogen) atoms. The number of anilines is 1. The Balaban J connectivity index is 2.08. The predicted octanol–water partition coefficient (Wildman–Crippen LogP) is 0.253. The number of carbonyl (C=O) groups excluding carboxylic acids is 1. The lowest BCUT2D eigenvalue weighted by atomic mass is 10.1. The van der Waals surface area contributed by atoms with Gasteiger partial charge in [0.15, 0.2) is 0 Å². The molecule has 1 aromatic rings. The second kappa shape index (κ2) is 2.89. The lowest BCUT2D eigenvalue weighted by Gasteiger charge is -2.31. The molecule has 2 N–H and O–H groups in total. The van der Waals surface area contributed by atoms with Gasteiger partial charge in [-0.3, -0.25) is 4.79 Å². The summed E-state index contributed by atoms with van der Waals surface area (Å²) in [5.74, 6) is 0.367. The number of benzene rings is 1. The van der Waals surface area contributed by atoms with Crippen LogP contribution in [0.25, 0.3) is 0 Å². The van der Waals surface area contributed by atoms with Crippen molar-refractivity contribution in [3.05, 3.63) is 23.8 Å². The molecule has 4 heteroatoms. The van der Waals surface area contributed by atoms with Crippen LogP contribution in [0.15, 0.2) is 18.2 Å². The number of phenols is 1. The van der Waals surface area contributed by atoms with E-state index in [-0.39, 0.29) is 11.9 Å². The molecule has 1 saturated heterocycles. The van der Waals surface area contributed by atoms with E-state index in [2.05, 4.69) is 10.2 Å². The molecule has 78 valence electrons. The molecule has 2 aliphatic heterocycles. The maximum atomic E-state index is 11.6. The lowest BCUT2D eigenvalue weighted by Crippen LogP contribution is -2.53. The zero-order chi connectivity index (χ0) is 10.4. The molecule has 1 atom stereocenters. The summed E-state index contributed by atoms with van der Waals surface area (Å²) in [6.07, 6.45) is 0.619. The summed E-state index contributed by atoms with van der Waals surface area (Å²) >= 11 is 0. The fraction of sp³-hybridized carbons (Fsp3) is 0.364. The maximum absolute atomic E-state index is 11.6. The summed E-state index contributed by atoms with van der Waals surface area (Å²) in [6.45, 7) is 1.51. The van der Waals surface area contributed by atoms with E-state index in [4.69, 9.17) is 0 Å². The molecule has 2 heterocycles. The minimum Gasteiger partial charge on any atom is -0.508 e. The molecule has 0 radical (unpaired) electrons. The van der Waals surface area contributed by atoms with Gasteiger partial charge in [0.1, 0.15) is 11.8 Å². The van der Waals surface area contributed by atoms with E-state index >= 15 is 0 Å². The maximum Gasteiger partial charge on any atom is 0.243 e. The summed E-state index contributed by atoms with van der Waals surface area (Å²) in [6, 6.07) is 5.34. The summed E-state index contributed by atoms with van der Waals surface area (Å²) in [5.41, 5.74) is 1.91. The van der Waals surface area contributed by atoms with Crippen LogP contribution in [0.2, 0.25) is 0 Å². The third kappa shape index (κ3) is 1.11. The molecular weight excluding hydrogens is 192 g/mol. The van der Waals surface area contributed by atoms with Crippen LogP contribution in [0.5, 0.6) is 5.75 Å². The molecule has 1 aromatic carbocycles. The molecule has 0 aliphatic carbocycles. The topological polar surface area (TPSA) is 52.6 Å². The van der Waals surface area contributed by atoms with E-state index in [0.29, 0.717) is 18.7 Å². The standard InChI is InChI=1S/C11H12N2O2/c14-10-3-1-2-8-7(10)6-9-11(15)12-4-5-13(8)9/h1-3,9,14H,4-6H2,(H,12,15). The van der Waals surface area contributed by atoms with Crippen molar-refractivity contribution in [2.45, 2.75) is 12.5 Å². The first-order valence-corrected chi connectivity index (χ1v) is 5.12. The molecule has 1 amide bonds. The van der Waals surface area contributed by atoms with Crippen LogP contribution in [0, 0.1) is 0 Å². The van der Waals surface area contributed by atoms with E-state index in [1.54, 1.807) is 6.07 Å². The third-order valence-corrected chi connectivity index (χ3v) is 3.16. The molecule has 0 aromatic heterocycles. The van der Waals surface area contributed by atoms with Gasteiger partial charge in [0, 0.05) is 30.8 Å². The smallest absolute Gasteiger partial charge is 0.243 e. The van der Waals surface area contributed by atoms with Crippen molar-refractivity contribution < 1.29 is 9.90 Å². The van der Waals surface area contributed by atoms with Crippen LogP contribution in [-0.4, -0.2) is 30.1 Å². The zero-order valence-corrected chi connectivity index (χ0v) is 8.23. The summed E-state index contributed by atoms with van der Waals surface area (Å²) < 4.78 is 0. The van der Waals surface area contributed by atoms with Gasteiger partial charge in [-0.15, -0.1) is 0 Å². The fourth-order valence-corrected chi connectivity index (χ4v) is 2.44. The average Bonchev–Trinajstić information content (AvgIpc) is 2.60. The number of carbonyl (C=O) groups is 1. The van der Waals surface area contributed by atoms with Crippen molar-refractivity contribution in [3.63, 3.8) is 0 Å². The number of piperazine rings is 1. The Labute approximate surface area is 87.5 Å². The van der Waals surface area contributed by atoms with Gasteiger partial charge in [0.2, 0.25) is 5.91 Å². The highest BCUT2D eigenvalue weighted by Gasteiger charge is 2.37. The van der Waals surface area contributed by atoms with E-state index in [1.165, 1.54) is 0 Å². The SMILES string of the molecule is O=C1NCCN2c3cccc(O)c3CC12. The van der Waals surface area contributed by atoms with E-state index in [0.717, 1.165) is 17.8 Å². The average molecular weight is 204 g/mol. The molecule has 3 rings (SSSR count). The van der Waals surface area contributed by atoms with Gasteiger partial charge in [0.25, 0.3) is 0 Å². The second-order valence-electron chi connectivity index (χ2n) is 3.98. The van der Waals surface area contributed by atoms with Gasteiger partial charge in [-0.25, -0.2) is 0 Å². The summed E-state index contributed by atoms with van der Waals surface area (Å²) in [4.78, 5) is 13.7. The van der Waals surface area contributed by atoms with Gasteiger partial charge in [-0.1, -0.05) is 6.07 Å². The zero-order valence-electron chi connectivity index (χ0n) is 8.23. The number of nitrogens with zero attached hydrogens (tertiary/aromatic N) is 1. The molecule has 1 unspecified atom stereocenters. The number of phenolic OH excluding ortho intramolecular Hbond substituents is 1. The van der Waals surface area contributed by atoms with Crippen LogP contribution in [0.1, 0.15) is 5.56 Å². The monoisotopic (exact) mass is 204 g/mol. The highest BCUT2D eigenvalue weighted by atomic mass is 16.3. The minimum atomic E-state index is -0.123. The number of rotatable bonds is 0. The largest absolute Gasteiger partial charge is 0.508 e. The van der Waals surface area contributed by atoms with Crippen LogP contribution < -0.4 is 10.2 Å². The van der Waals surface area contributed by atoms with E-state index in [1.807, 2.05) is 12.1 Å². The molecule has 1 fully saturated rings. The number of amides is 1. The van der Waals surface area contributed by atoms with Gasteiger partial charge < -0.3 is 15.3 Å². The summed E-state index contributed by atoms with van der Waals surface area (Å²) in [5, 5.41) is 12.6. The van der Waals surface area contributed by atoms with Crippen molar-refractivity contribution in [2.24, 2.45) is 0 Å². The number of fused-ring (bicyclic) bond motifs is 3. The van der Waals surface area contributed by atoms with Gasteiger partial charge >= 0.3 is 0 Å². The van der Waals surface area contributed by atoms with E-state index < -0.39 is 0 Å². The molecular formula is C11H12N2O2. The minimum absolute atomic E-state index is 0.0665. The van der Waals surface area contributed by atoms with Crippen LogP contribution in [-0.2, 0) is 11.2 Å². The first-order chi connectivity index (χ1) is 7.27. The predicted molar refractivity (Wildman–Crippen MR) is 56.0 cm³/mol. The first-order valence-electron chi connectivity index (χ1n) is 5.12. The van der Waals surface area contributed by atoms with Gasteiger partial charge in [0.05, 0.1) is 0 Å². The highest BCUT2D eigenvalue weighted by Crippen LogP contribution is 2.38. The molecule has 0 saturated carbocycles. The van der Waals surface area contributed by atoms with Crippen molar-refractivity contribution in [1.82, 2.24) is 5.32 Å². The summed E-state index contributed by atoms with van der Waals surface area (Å²) in [7, 11) is 0. The normalized spacial score (nSPS) is 23.3. The van der Waals surface area contributed by atoms with Crippen LogP contribution in [0.4, 0.5) is 5.69 Å². The first kappa shape index (κ1) is 8.59. The van der Waals surface area contributed by atoms with Gasteiger partial charge in [-0.2, -0.15) is 0 Å². The Bertz CT molecular complexity index is 431. The number of hydrogen-bond acceptors (Lipinski definition) is 3. The number of hydrogen-bond donors (Lipinski definition) is 2. The fourth-order valence-electron chi connectivity index (χ4n) is 2.44. The van der Waals surface area contributed by atoms with Crippen molar-refractivity contribution >= 4 is 11.6 Å². The van der Waals surface area contributed by atoms with Crippen molar-refractivity contribution in [3.8, 4) is 5.75 Å². The Morgan fingerprint density at radius 1 is 1.47 bits per heavy atom. The quantitative estimate of drug-likeness (QED) is 0.637. The molecule has 2 aliphatic rings. The molecule has 0 spiro atoms. The van der Waals surface area contributed by atoms with Gasteiger partial charge in [-0.05, 0) is 12.1 Å². The van der Waals surface area contributed by atoms with Crippen molar-refractivity contribution in [1.29, 1.82) is 0 Å². The lowest BCUT2D eigenvalue weighted by molar-refractivity contribution is -0.123. The number of nitrogens with one attached hydrogen (secondary N) is 1. The van der Waals surface area contributed by atoms with E-state index in [9.17, 15) is 9.90 Å². The second-order valence-corrected chi connectivity index (χ2v) is 3.98. The Morgan fingerprint density at radius 2 is 2.33 bits per heavy atom. The Kier molecular flexibility index (Phi) is 1.65. The molecule has 0 bridgehead atoms. The molecule has 4 nitrogen and oxygen atoms in total. The number of aromatic hydroxyl groups is 1. The third-order valence-electron chi connectivity index (χ3n) is 3.16. The van der Waals surface area contributed by atoms with Crippen molar-refractivity contribution in [2.75, 3.05) is 18.0 Å². The Hall–Kier alpha value is -1.71. The van der Waals surface area contributed by atoms with Crippen LogP contribution in [0.3, 0.4) is 0 Å².